The van der Waals surface area contributed by atoms with E-state index in [1.54, 1.807) is 25.1 Å². The highest BCUT2D eigenvalue weighted by Gasteiger charge is 2.05. The first-order valence-corrected chi connectivity index (χ1v) is 7.03. The van der Waals surface area contributed by atoms with Crippen LogP contribution in [0.2, 0.25) is 0 Å². The van der Waals surface area contributed by atoms with Crippen LogP contribution in [0, 0.1) is 4.77 Å². The van der Waals surface area contributed by atoms with E-state index in [2.05, 4.69) is 22.2 Å². The summed E-state index contributed by atoms with van der Waals surface area (Å²) in [5.41, 5.74) is 0.837. The lowest BCUT2D eigenvalue weighted by Crippen LogP contribution is -1.99. The zero-order valence-electron chi connectivity index (χ0n) is 12.3. The second kappa shape index (κ2) is 7.03. The summed E-state index contributed by atoms with van der Waals surface area (Å²) in [7, 11) is 3.22. The number of aryl methyl sites for hydroxylation is 1. The Bertz CT molecular complexity index is 691. The van der Waals surface area contributed by atoms with E-state index in [1.807, 2.05) is 18.2 Å². The molecule has 0 bridgehead atoms. The van der Waals surface area contributed by atoms with E-state index in [0.29, 0.717) is 10.5 Å². The molecule has 0 aliphatic rings. The quantitative estimate of drug-likeness (QED) is 0.658. The molecule has 0 unspecified atom stereocenters. The molecule has 0 saturated heterocycles. The molecule has 0 aliphatic heterocycles. The van der Waals surface area contributed by atoms with Crippen LogP contribution in [-0.4, -0.2) is 35.3 Å². The average Bonchev–Trinajstić information content (AvgIpc) is 2.85. The summed E-state index contributed by atoms with van der Waals surface area (Å²) in [4.78, 5) is 0. The number of hydrogen-bond donors (Lipinski definition) is 1. The van der Waals surface area contributed by atoms with E-state index in [-0.39, 0.29) is 0 Å². The largest absolute Gasteiger partial charge is 0.497 e. The van der Waals surface area contributed by atoms with Crippen LogP contribution in [0.3, 0.4) is 0 Å². The molecule has 6 nitrogen and oxygen atoms in total. The van der Waals surface area contributed by atoms with Crippen molar-refractivity contribution in [3.8, 4) is 11.5 Å². The van der Waals surface area contributed by atoms with Gasteiger partial charge in [0.05, 0.1) is 20.4 Å². The van der Waals surface area contributed by atoms with E-state index in [9.17, 15) is 0 Å². The molecule has 0 amide bonds. The average molecular weight is 306 g/mol. The van der Waals surface area contributed by atoms with Gasteiger partial charge < -0.3 is 9.47 Å². The lowest BCUT2D eigenvalue weighted by Gasteiger charge is -2.07. The number of methoxy groups -OCH3 is 2. The van der Waals surface area contributed by atoms with Crippen LogP contribution in [0.25, 0.3) is 0 Å². The van der Waals surface area contributed by atoms with Crippen LogP contribution >= 0.6 is 12.2 Å². The first-order chi connectivity index (χ1) is 10.2. The van der Waals surface area contributed by atoms with E-state index < -0.39 is 0 Å². The predicted molar refractivity (Wildman–Crippen MR) is 83.9 cm³/mol. The topological polar surface area (TPSA) is 64.4 Å². The van der Waals surface area contributed by atoms with Crippen molar-refractivity contribution in [3.05, 3.63) is 34.4 Å². The minimum absolute atomic E-state index is 0.474. The summed E-state index contributed by atoms with van der Waals surface area (Å²) in [6.07, 6.45) is 3.48. The molecule has 2 rings (SSSR count). The third-order valence-corrected chi connectivity index (χ3v) is 3.21. The summed E-state index contributed by atoms with van der Waals surface area (Å²) < 4.78 is 12.6. The maximum absolute atomic E-state index is 5.34. The van der Waals surface area contributed by atoms with Gasteiger partial charge in [0.2, 0.25) is 4.77 Å². The Kier molecular flexibility index (Phi) is 5.10. The standard InChI is InChI=1S/C14H18N4O2S/c1-4-5-13-16-17-14(21)18(13)15-9-10-6-7-11(19-2)8-12(10)20-3/h6-9H,4-5H2,1-3H3,(H,17,21)/b15-9+. The van der Waals surface area contributed by atoms with Crippen molar-refractivity contribution in [1.82, 2.24) is 14.9 Å². The second-order valence-electron chi connectivity index (χ2n) is 4.36. The zero-order valence-corrected chi connectivity index (χ0v) is 13.1. The Morgan fingerprint density at radius 3 is 2.86 bits per heavy atom. The van der Waals surface area contributed by atoms with Gasteiger partial charge >= 0.3 is 0 Å². The number of aromatic amines is 1. The van der Waals surface area contributed by atoms with Gasteiger partial charge in [0.15, 0.2) is 5.82 Å². The third kappa shape index (κ3) is 3.49. The Balaban J connectivity index is 2.33. The van der Waals surface area contributed by atoms with Crippen LogP contribution < -0.4 is 9.47 Å². The minimum atomic E-state index is 0.474. The minimum Gasteiger partial charge on any atom is -0.497 e. The summed E-state index contributed by atoms with van der Waals surface area (Å²) in [6, 6.07) is 5.54. The fourth-order valence-corrected chi connectivity index (χ4v) is 2.07. The predicted octanol–water partition coefficient (Wildman–Crippen LogP) is 2.79. The van der Waals surface area contributed by atoms with E-state index in [4.69, 9.17) is 21.7 Å². The number of rotatable bonds is 6. The van der Waals surface area contributed by atoms with Gasteiger partial charge in [0, 0.05) is 18.1 Å². The molecule has 0 atom stereocenters. The number of nitrogens with zero attached hydrogens (tertiary/aromatic N) is 3. The zero-order chi connectivity index (χ0) is 15.2. The Labute approximate surface area is 128 Å². The van der Waals surface area contributed by atoms with Crippen LogP contribution in [0.15, 0.2) is 23.3 Å². The maximum atomic E-state index is 5.34. The van der Waals surface area contributed by atoms with Crippen molar-refractivity contribution in [2.45, 2.75) is 19.8 Å². The van der Waals surface area contributed by atoms with E-state index in [1.165, 1.54) is 0 Å². The SMILES string of the molecule is CCCc1n[nH]c(=S)n1/N=C/c1ccc(OC)cc1OC. The molecule has 1 aromatic heterocycles. The van der Waals surface area contributed by atoms with Crippen molar-refractivity contribution in [1.29, 1.82) is 0 Å². The molecule has 2 aromatic rings. The number of hydrogen-bond acceptors (Lipinski definition) is 5. The van der Waals surface area contributed by atoms with Gasteiger partial charge in [-0.3, -0.25) is 5.10 Å². The molecule has 1 heterocycles. The van der Waals surface area contributed by atoms with Crippen LogP contribution in [0.1, 0.15) is 24.7 Å². The van der Waals surface area contributed by atoms with Crippen molar-refractivity contribution >= 4 is 18.4 Å². The maximum Gasteiger partial charge on any atom is 0.216 e. The molecule has 0 saturated carbocycles. The highest BCUT2D eigenvalue weighted by Crippen LogP contribution is 2.23. The molecule has 112 valence electrons. The molecule has 0 radical (unpaired) electrons. The monoisotopic (exact) mass is 306 g/mol. The number of aromatic nitrogens is 3. The fraction of sp³-hybridized carbons (Fsp3) is 0.357. The van der Waals surface area contributed by atoms with Crippen molar-refractivity contribution in [2.24, 2.45) is 5.10 Å². The first-order valence-electron chi connectivity index (χ1n) is 6.62. The van der Waals surface area contributed by atoms with Gasteiger partial charge in [-0.25, -0.2) is 0 Å². The van der Waals surface area contributed by atoms with Crippen molar-refractivity contribution in [3.63, 3.8) is 0 Å². The van der Waals surface area contributed by atoms with Gasteiger partial charge in [-0.15, -0.1) is 0 Å². The summed E-state index contributed by atoms with van der Waals surface area (Å²) in [6.45, 7) is 2.08. The van der Waals surface area contributed by atoms with Gasteiger partial charge in [-0.05, 0) is 30.8 Å². The normalized spacial score (nSPS) is 11.0. The lowest BCUT2D eigenvalue weighted by atomic mass is 10.2. The van der Waals surface area contributed by atoms with Crippen LogP contribution in [-0.2, 0) is 6.42 Å². The van der Waals surface area contributed by atoms with E-state index in [0.717, 1.165) is 30.0 Å². The summed E-state index contributed by atoms with van der Waals surface area (Å²) >= 11 is 5.18. The number of ether oxygens (including phenoxy) is 2. The number of benzene rings is 1. The molecule has 0 aliphatic carbocycles. The summed E-state index contributed by atoms with van der Waals surface area (Å²) in [5, 5.41) is 11.3. The van der Waals surface area contributed by atoms with Gasteiger partial charge in [0.25, 0.3) is 0 Å². The fourth-order valence-electron chi connectivity index (χ4n) is 1.87. The third-order valence-electron chi connectivity index (χ3n) is 2.94. The molecule has 1 aromatic carbocycles. The first kappa shape index (κ1) is 15.2. The molecule has 0 fully saturated rings. The van der Waals surface area contributed by atoms with Gasteiger partial charge in [-0.1, -0.05) is 6.92 Å². The van der Waals surface area contributed by atoms with Gasteiger partial charge in [0.1, 0.15) is 11.5 Å². The molecule has 21 heavy (non-hydrogen) atoms. The highest BCUT2D eigenvalue weighted by atomic mass is 32.1. The molecular formula is C14H18N4O2S. The second-order valence-corrected chi connectivity index (χ2v) is 4.75. The van der Waals surface area contributed by atoms with Crippen molar-refractivity contribution < 1.29 is 9.47 Å². The van der Waals surface area contributed by atoms with Crippen LogP contribution in [0.4, 0.5) is 0 Å². The smallest absolute Gasteiger partial charge is 0.216 e. The Hall–Kier alpha value is -2.15. The van der Waals surface area contributed by atoms with Gasteiger partial charge in [-0.2, -0.15) is 14.9 Å². The highest BCUT2D eigenvalue weighted by molar-refractivity contribution is 7.71. The Morgan fingerprint density at radius 2 is 2.19 bits per heavy atom. The molecule has 1 N–H and O–H groups in total. The molecule has 0 spiro atoms. The van der Waals surface area contributed by atoms with Crippen LogP contribution in [0.5, 0.6) is 11.5 Å². The number of nitrogens with one attached hydrogen (secondary N) is 1. The number of H-pyrrole nitrogens is 1. The van der Waals surface area contributed by atoms with Crippen molar-refractivity contribution in [2.75, 3.05) is 14.2 Å². The Morgan fingerprint density at radius 1 is 1.38 bits per heavy atom. The lowest BCUT2D eigenvalue weighted by molar-refractivity contribution is 0.394. The molecule has 7 heteroatoms. The summed E-state index contributed by atoms with van der Waals surface area (Å²) in [5.74, 6) is 2.23. The van der Waals surface area contributed by atoms with E-state index >= 15 is 0 Å². The molecular weight excluding hydrogens is 288 g/mol.